The molecular formula is C24H21FN2O5. The van der Waals surface area contributed by atoms with Crippen LogP contribution >= 0.6 is 0 Å². The van der Waals surface area contributed by atoms with Crippen molar-refractivity contribution in [2.24, 2.45) is 0 Å². The van der Waals surface area contributed by atoms with Crippen LogP contribution in [-0.4, -0.2) is 37.7 Å². The lowest BCUT2D eigenvalue weighted by atomic mass is 9.87. The number of carbonyl (C=O) groups is 2. The molecule has 2 amide bonds. The van der Waals surface area contributed by atoms with Gasteiger partial charge in [-0.1, -0.05) is 30.3 Å². The van der Waals surface area contributed by atoms with Gasteiger partial charge in [0.05, 0.1) is 19.9 Å². The van der Waals surface area contributed by atoms with Crippen LogP contribution in [0.3, 0.4) is 0 Å². The molecule has 0 aliphatic carbocycles. The first-order valence-electron chi connectivity index (χ1n) is 9.79. The van der Waals surface area contributed by atoms with Gasteiger partial charge in [-0.25, -0.2) is 4.39 Å². The molecule has 0 saturated heterocycles. The van der Waals surface area contributed by atoms with Gasteiger partial charge in [-0.2, -0.15) is 0 Å². The Kier molecular flexibility index (Phi) is 5.54. The third-order valence-electron chi connectivity index (χ3n) is 5.32. The zero-order valence-corrected chi connectivity index (χ0v) is 17.5. The predicted octanol–water partition coefficient (Wildman–Crippen LogP) is 3.06. The molecule has 0 fully saturated rings. The number of hydrogen-bond donors (Lipinski definition) is 2. The highest BCUT2D eigenvalue weighted by Gasteiger charge is 2.51. The molecule has 4 rings (SSSR count). The highest BCUT2D eigenvalue weighted by atomic mass is 19.1. The zero-order valence-electron chi connectivity index (χ0n) is 17.5. The average Bonchev–Trinajstić information content (AvgIpc) is 3.01. The molecule has 3 aromatic rings. The molecule has 1 aliphatic heterocycles. The fourth-order valence-corrected chi connectivity index (χ4v) is 3.81. The minimum Gasteiger partial charge on any atom is -0.497 e. The number of aliphatic hydroxyl groups is 1. The number of hydrogen-bond acceptors (Lipinski definition) is 5. The molecule has 2 N–H and O–H groups in total. The van der Waals surface area contributed by atoms with Gasteiger partial charge >= 0.3 is 0 Å². The van der Waals surface area contributed by atoms with Crippen LogP contribution in [0, 0.1) is 5.82 Å². The molecule has 1 heterocycles. The Bertz CT molecular complexity index is 1180. The van der Waals surface area contributed by atoms with Crippen LogP contribution in [0.25, 0.3) is 0 Å². The molecule has 3 aromatic carbocycles. The lowest BCUT2D eigenvalue weighted by Crippen LogP contribution is -2.44. The van der Waals surface area contributed by atoms with E-state index in [1.165, 1.54) is 37.3 Å². The number of carbonyl (C=O) groups excluding carboxylic acids is 2. The van der Waals surface area contributed by atoms with Gasteiger partial charge < -0.3 is 19.9 Å². The molecule has 0 spiro atoms. The molecule has 0 radical (unpaired) electrons. The van der Waals surface area contributed by atoms with E-state index >= 15 is 0 Å². The number of para-hydroxylation sites is 1. The van der Waals surface area contributed by atoms with E-state index in [0.717, 1.165) is 6.07 Å². The van der Waals surface area contributed by atoms with E-state index in [4.69, 9.17) is 9.47 Å². The number of halogens is 1. The Hall–Kier alpha value is -3.91. The maximum absolute atomic E-state index is 13.8. The average molecular weight is 436 g/mol. The van der Waals surface area contributed by atoms with Crippen molar-refractivity contribution in [1.29, 1.82) is 0 Å². The van der Waals surface area contributed by atoms with Crippen molar-refractivity contribution in [2.75, 3.05) is 31.0 Å². The second-order valence-corrected chi connectivity index (χ2v) is 7.28. The van der Waals surface area contributed by atoms with E-state index < -0.39 is 23.2 Å². The third kappa shape index (κ3) is 3.65. The van der Waals surface area contributed by atoms with Crippen LogP contribution in [0.2, 0.25) is 0 Å². The lowest BCUT2D eigenvalue weighted by Gasteiger charge is -2.23. The number of ether oxygens (including phenoxy) is 2. The van der Waals surface area contributed by atoms with Crippen LogP contribution in [0.1, 0.15) is 11.1 Å². The molecule has 0 bridgehead atoms. The van der Waals surface area contributed by atoms with Gasteiger partial charge in [0.15, 0.2) is 5.60 Å². The fraction of sp³-hybridized carbons (Fsp3) is 0.167. The Labute approximate surface area is 184 Å². The summed E-state index contributed by atoms with van der Waals surface area (Å²) in [5.74, 6) is -0.829. The van der Waals surface area contributed by atoms with Crippen LogP contribution in [-0.2, 0) is 15.2 Å². The molecule has 0 unspecified atom stereocenters. The smallest absolute Gasteiger partial charge is 0.268 e. The first-order chi connectivity index (χ1) is 15.4. The van der Waals surface area contributed by atoms with Crippen molar-refractivity contribution in [3.63, 3.8) is 0 Å². The van der Waals surface area contributed by atoms with Crippen molar-refractivity contribution >= 4 is 23.2 Å². The Morgan fingerprint density at radius 2 is 1.72 bits per heavy atom. The van der Waals surface area contributed by atoms with Gasteiger partial charge in [-0.3, -0.25) is 14.5 Å². The number of nitrogens with zero attached hydrogens (tertiary/aromatic N) is 1. The molecule has 164 valence electrons. The summed E-state index contributed by atoms with van der Waals surface area (Å²) < 4.78 is 24.3. The van der Waals surface area contributed by atoms with Crippen molar-refractivity contribution in [1.82, 2.24) is 0 Å². The van der Waals surface area contributed by atoms with Gasteiger partial charge in [0.25, 0.3) is 5.91 Å². The van der Waals surface area contributed by atoms with E-state index in [9.17, 15) is 19.1 Å². The molecule has 7 nitrogen and oxygen atoms in total. The van der Waals surface area contributed by atoms with Gasteiger partial charge in [0.1, 0.15) is 23.9 Å². The molecule has 0 aromatic heterocycles. The summed E-state index contributed by atoms with van der Waals surface area (Å²) in [5, 5.41) is 14.1. The maximum atomic E-state index is 13.8. The van der Waals surface area contributed by atoms with E-state index in [0.29, 0.717) is 22.9 Å². The Morgan fingerprint density at radius 3 is 2.38 bits per heavy atom. The number of rotatable bonds is 6. The number of methoxy groups -OCH3 is 2. The SMILES string of the molecule is COc1cc(NC(=O)CN2C(=O)[C@@](O)(c3cccc(F)c3)c3ccccc32)cc(OC)c1. The van der Waals surface area contributed by atoms with Gasteiger partial charge in [-0.15, -0.1) is 0 Å². The normalized spacial score (nSPS) is 17.1. The van der Waals surface area contributed by atoms with Gasteiger partial charge in [-0.05, 0) is 18.2 Å². The van der Waals surface area contributed by atoms with E-state index in [1.807, 2.05) is 0 Å². The lowest BCUT2D eigenvalue weighted by molar-refractivity contribution is -0.133. The fourth-order valence-electron chi connectivity index (χ4n) is 3.81. The zero-order chi connectivity index (χ0) is 22.9. The van der Waals surface area contributed by atoms with Crippen molar-refractivity contribution in [3.05, 3.63) is 83.7 Å². The Balaban J connectivity index is 1.64. The summed E-state index contributed by atoms with van der Waals surface area (Å²) in [4.78, 5) is 27.3. The second kappa shape index (κ2) is 8.32. The first-order valence-corrected chi connectivity index (χ1v) is 9.79. The predicted molar refractivity (Wildman–Crippen MR) is 116 cm³/mol. The van der Waals surface area contributed by atoms with Crippen molar-refractivity contribution in [3.8, 4) is 11.5 Å². The third-order valence-corrected chi connectivity index (χ3v) is 5.32. The quantitative estimate of drug-likeness (QED) is 0.620. The molecule has 1 aliphatic rings. The number of fused-ring (bicyclic) bond motifs is 1. The van der Waals surface area contributed by atoms with E-state index in [2.05, 4.69) is 5.32 Å². The molecule has 8 heteroatoms. The van der Waals surface area contributed by atoms with Crippen molar-refractivity contribution in [2.45, 2.75) is 5.60 Å². The highest BCUT2D eigenvalue weighted by Crippen LogP contribution is 2.44. The molecule has 32 heavy (non-hydrogen) atoms. The standard InChI is InChI=1S/C24H21FN2O5/c1-31-18-11-17(12-19(13-18)32-2)26-22(28)14-27-21-9-4-3-8-20(21)24(30,23(27)29)15-6-5-7-16(25)10-15/h3-13,30H,14H2,1-2H3,(H,26,28)/t24-/m1/s1. The monoisotopic (exact) mass is 436 g/mol. The topological polar surface area (TPSA) is 88.1 Å². The number of benzene rings is 3. The summed E-state index contributed by atoms with van der Waals surface area (Å²) in [5.41, 5.74) is -0.922. The number of nitrogens with one attached hydrogen (secondary N) is 1. The minimum atomic E-state index is -2.10. The van der Waals surface area contributed by atoms with Crippen molar-refractivity contribution < 1.29 is 28.6 Å². The minimum absolute atomic E-state index is 0.0930. The number of anilines is 2. The maximum Gasteiger partial charge on any atom is 0.268 e. The van der Waals surface area contributed by atoms with E-state index in [-0.39, 0.29) is 17.7 Å². The summed E-state index contributed by atoms with van der Waals surface area (Å²) in [6.45, 7) is -0.354. The summed E-state index contributed by atoms with van der Waals surface area (Å²) >= 11 is 0. The Morgan fingerprint density at radius 1 is 1.03 bits per heavy atom. The largest absolute Gasteiger partial charge is 0.497 e. The van der Waals surface area contributed by atoms with Gasteiger partial charge in [0, 0.05) is 35.0 Å². The summed E-state index contributed by atoms with van der Waals surface area (Å²) in [6.07, 6.45) is 0. The molecule has 1 atom stereocenters. The van der Waals surface area contributed by atoms with Crippen LogP contribution in [0.15, 0.2) is 66.7 Å². The summed E-state index contributed by atoms with van der Waals surface area (Å²) in [6, 6.07) is 16.7. The van der Waals surface area contributed by atoms with Crippen LogP contribution < -0.4 is 19.7 Å². The highest BCUT2D eigenvalue weighted by molar-refractivity contribution is 6.12. The van der Waals surface area contributed by atoms with Crippen LogP contribution in [0.5, 0.6) is 11.5 Å². The number of amides is 2. The first kappa shape index (κ1) is 21.3. The van der Waals surface area contributed by atoms with E-state index in [1.54, 1.807) is 42.5 Å². The molecule has 0 saturated carbocycles. The molecular weight excluding hydrogens is 415 g/mol. The van der Waals surface area contributed by atoms with Gasteiger partial charge in [0.2, 0.25) is 5.91 Å². The summed E-state index contributed by atoms with van der Waals surface area (Å²) in [7, 11) is 2.99. The van der Waals surface area contributed by atoms with Crippen LogP contribution in [0.4, 0.5) is 15.8 Å². The second-order valence-electron chi connectivity index (χ2n) is 7.28.